The highest BCUT2D eigenvalue weighted by molar-refractivity contribution is 14.0. The number of nitrogens with zero attached hydrogens (tertiary/aromatic N) is 5. The zero-order chi connectivity index (χ0) is 22.2. The summed E-state index contributed by atoms with van der Waals surface area (Å²) in [5, 5.41) is 3.29. The minimum absolute atomic E-state index is 0. The van der Waals surface area contributed by atoms with Crippen LogP contribution in [0.1, 0.15) is 20.3 Å². The number of nitrogens with one attached hydrogen (secondary N) is 1. The monoisotopic (exact) mass is 560 g/mol. The number of hydrogen-bond donors (Lipinski definition) is 1. The second-order valence-electron chi connectivity index (χ2n) is 7.82. The van der Waals surface area contributed by atoms with Gasteiger partial charge in [0.05, 0.1) is 6.54 Å². The maximum Gasteiger partial charge on any atom is 0.224 e. The summed E-state index contributed by atoms with van der Waals surface area (Å²) in [6.07, 6.45) is 0.374. The van der Waals surface area contributed by atoms with Gasteiger partial charge in [-0.3, -0.25) is 14.6 Å². The topological polar surface area (TPSA) is 71.5 Å². The highest BCUT2D eigenvalue weighted by atomic mass is 127. The summed E-state index contributed by atoms with van der Waals surface area (Å²) in [4.78, 5) is 36.8. The lowest BCUT2D eigenvalue weighted by atomic mass is 10.2. The van der Waals surface area contributed by atoms with Crippen molar-refractivity contribution in [2.75, 3.05) is 70.3 Å². The Morgan fingerprint density at radius 1 is 0.938 bits per heavy atom. The molecule has 2 saturated heterocycles. The third-order valence-corrected chi connectivity index (χ3v) is 5.77. The molecule has 32 heavy (non-hydrogen) atoms. The van der Waals surface area contributed by atoms with Gasteiger partial charge in [-0.1, -0.05) is 0 Å². The van der Waals surface area contributed by atoms with E-state index in [0.717, 1.165) is 44.4 Å². The number of amides is 2. The Morgan fingerprint density at radius 3 is 2.06 bits per heavy atom. The van der Waals surface area contributed by atoms with Crippen molar-refractivity contribution in [1.82, 2.24) is 20.0 Å². The molecule has 2 fully saturated rings. The normalized spacial score (nSPS) is 17.2. The summed E-state index contributed by atoms with van der Waals surface area (Å²) < 4.78 is 13.1. The minimum Gasteiger partial charge on any atom is -0.368 e. The van der Waals surface area contributed by atoms with Crippen LogP contribution in [0.4, 0.5) is 10.1 Å². The van der Waals surface area contributed by atoms with Gasteiger partial charge in [-0.25, -0.2) is 4.39 Å². The fourth-order valence-corrected chi connectivity index (χ4v) is 3.94. The van der Waals surface area contributed by atoms with Gasteiger partial charge in [-0.2, -0.15) is 0 Å². The Morgan fingerprint density at radius 2 is 1.50 bits per heavy atom. The van der Waals surface area contributed by atoms with E-state index < -0.39 is 0 Å². The van der Waals surface area contributed by atoms with Crippen LogP contribution in [0.3, 0.4) is 0 Å². The molecule has 0 aliphatic carbocycles. The average Bonchev–Trinajstić information content (AvgIpc) is 2.79. The lowest BCUT2D eigenvalue weighted by Crippen LogP contribution is -2.53. The van der Waals surface area contributed by atoms with Crippen molar-refractivity contribution in [2.45, 2.75) is 20.3 Å². The van der Waals surface area contributed by atoms with Gasteiger partial charge in [0.2, 0.25) is 11.8 Å². The highest BCUT2D eigenvalue weighted by Gasteiger charge is 2.22. The summed E-state index contributed by atoms with van der Waals surface area (Å²) in [6, 6.07) is 6.49. The Kier molecular flexibility index (Phi) is 10.5. The maximum absolute atomic E-state index is 13.1. The van der Waals surface area contributed by atoms with Gasteiger partial charge in [-0.05, 0) is 31.2 Å². The minimum atomic E-state index is -0.240. The molecule has 0 atom stereocenters. The summed E-state index contributed by atoms with van der Waals surface area (Å²) in [7, 11) is 0. The zero-order valence-electron chi connectivity index (χ0n) is 18.9. The lowest BCUT2D eigenvalue weighted by Gasteiger charge is -2.36. The molecule has 0 saturated carbocycles. The van der Waals surface area contributed by atoms with Crippen LogP contribution in [0.2, 0.25) is 0 Å². The molecule has 178 valence electrons. The average molecular weight is 560 g/mol. The van der Waals surface area contributed by atoms with Gasteiger partial charge >= 0.3 is 0 Å². The van der Waals surface area contributed by atoms with E-state index in [4.69, 9.17) is 0 Å². The molecule has 2 amide bonds. The number of aliphatic imine (C=N–C) groups is 1. The molecule has 2 aliphatic rings. The molecule has 0 unspecified atom stereocenters. The van der Waals surface area contributed by atoms with Crippen LogP contribution in [0.15, 0.2) is 29.3 Å². The number of guanidine groups is 1. The molecule has 1 aromatic rings. The van der Waals surface area contributed by atoms with E-state index in [9.17, 15) is 14.0 Å². The summed E-state index contributed by atoms with van der Waals surface area (Å²) >= 11 is 0. The predicted molar refractivity (Wildman–Crippen MR) is 135 cm³/mol. The molecule has 8 nitrogen and oxygen atoms in total. The Balaban J connectivity index is 0.00000363. The molecule has 3 rings (SSSR count). The Labute approximate surface area is 206 Å². The van der Waals surface area contributed by atoms with Crippen molar-refractivity contribution in [3.05, 3.63) is 30.1 Å². The first-order valence-electron chi connectivity index (χ1n) is 11.0. The SMILES string of the molecule is CCNC(=NCCC(=O)N1CCN(c2ccc(F)cc2)CC1)N1CCN(C(C)=O)CC1.I. The lowest BCUT2D eigenvalue weighted by molar-refractivity contribution is -0.131. The Bertz CT molecular complexity index is 775. The molecule has 0 bridgehead atoms. The number of halogens is 2. The van der Waals surface area contributed by atoms with Crippen molar-refractivity contribution in [1.29, 1.82) is 0 Å². The van der Waals surface area contributed by atoms with E-state index >= 15 is 0 Å². The van der Waals surface area contributed by atoms with Crippen molar-refractivity contribution in [3.63, 3.8) is 0 Å². The van der Waals surface area contributed by atoms with Crippen LogP contribution in [0.25, 0.3) is 0 Å². The number of carbonyl (C=O) groups excluding carboxylic acids is 2. The Hall–Kier alpha value is -2.11. The van der Waals surface area contributed by atoms with Crippen LogP contribution in [0, 0.1) is 5.82 Å². The highest BCUT2D eigenvalue weighted by Crippen LogP contribution is 2.17. The van der Waals surface area contributed by atoms with E-state index in [-0.39, 0.29) is 41.6 Å². The molecule has 10 heteroatoms. The van der Waals surface area contributed by atoms with Gasteiger partial charge in [0.1, 0.15) is 5.82 Å². The fraction of sp³-hybridized carbons (Fsp3) is 0.591. The van der Waals surface area contributed by atoms with Crippen molar-refractivity contribution >= 4 is 47.4 Å². The van der Waals surface area contributed by atoms with Gasteiger partial charge in [-0.15, -0.1) is 24.0 Å². The largest absolute Gasteiger partial charge is 0.368 e. The summed E-state index contributed by atoms with van der Waals surface area (Å²) in [6.45, 7) is 10.5. The number of benzene rings is 1. The van der Waals surface area contributed by atoms with Crippen LogP contribution >= 0.6 is 24.0 Å². The molecular weight excluding hydrogens is 526 g/mol. The van der Waals surface area contributed by atoms with Crippen LogP contribution in [0.5, 0.6) is 0 Å². The molecule has 1 aromatic carbocycles. The standard InChI is InChI=1S/C22H33FN6O2.HI/c1-3-24-22(29-16-10-26(11-17-29)18(2)30)25-9-8-21(31)28-14-12-27(13-15-28)20-6-4-19(23)5-7-20;/h4-7H,3,8-17H2,1-2H3,(H,24,25);1H. The van der Waals surface area contributed by atoms with E-state index in [1.807, 2.05) is 16.7 Å². The first-order valence-corrected chi connectivity index (χ1v) is 11.0. The smallest absolute Gasteiger partial charge is 0.224 e. The summed E-state index contributed by atoms with van der Waals surface area (Å²) in [5.41, 5.74) is 0.984. The number of rotatable bonds is 5. The quantitative estimate of drug-likeness (QED) is 0.337. The number of carbonyl (C=O) groups is 2. The van der Waals surface area contributed by atoms with E-state index in [2.05, 4.69) is 20.1 Å². The van der Waals surface area contributed by atoms with Gasteiger partial charge in [0.15, 0.2) is 5.96 Å². The fourth-order valence-electron chi connectivity index (χ4n) is 3.94. The second kappa shape index (κ2) is 12.8. The van der Waals surface area contributed by atoms with Crippen molar-refractivity contribution in [2.24, 2.45) is 4.99 Å². The summed E-state index contributed by atoms with van der Waals surface area (Å²) in [5.74, 6) is 0.780. The molecule has 0 aromatic heterocycles. The van der Waals surface area contributed by atoms with Crippen LogP contribution in [-0.2, 0) is 9.59 Å². The molecule has 0 spiro atoms. The number of anilines is 1. The van der Waals surface area contributed by atoms with Gasteiger partial charge in [0.25, 0.3) is 0 Å². The van der Waals surface area contributed by atoms with Crippen molar-refractivity contribution in [3.8, 4) is 0 Å². The maximum atomic E-state index is 13.1. The third-order valence-electron chi connectivity index (χ3n) is 5.77. The van der Waals surface area contributed by atoms with E-state index in [1.165, 1.54) is 12.1 Å². The van der Waals surface area contributed by atoms with Gasteiger partial charge in [0, 0.05) is 77.9 Å². The molecule has 2 heterocycles. The molecule has 0 radical (unpaired) electrons. The first-order chi connectivity index (χ1) is 15.0. The second-order valence-corrected chi connectivity index (χ2v) is 7.82. The third kappa shape index (κ3) is 7.21. The first kappa shape index (κ1) is 26.1. The van der Waals surface area contributed by atoms with Crippen LogP contribution in [-0.4, -0.2) is 97.9 Å². The van der Waals surface area contributed by atoms with E-state index in [1.54, 1.807) is 19.1 Å². The van der Waals surface area contributed by atoms with Gasteiger partial charge < -0.3 is 24.9 Å². The zero-order valence-corrected chi connectivity index (χ0v) is 21.3. The molecular formula is C22H34FIN6O2. The predicted octanol–water partition coefficient (Wildman–Crippen LogP) is 1.61. The number of hydrogen-bond acceptors (Lipinski definition) is 4. The van der Waals surface area contributed by atoms with E-state index in [0.29, 0.717) is 39.1 Å². The van der Waals surface area contributed by atoms with Crippen LogP contribution < -0.4 is 10.2 Å². The molecule has 1 N–H and O–H groups in total. The number of piperazine rings is 2. The van der Waals surface area contributed by atoms with Crippen molar-refractivity contribution < 1.29 is 14.0 Å². The molecule has 2 aliphatic heterocycles.